The Balaban J connectivity index is 1.26. The molecule has 1 fully saturated rings. The van der Waals surface area contributed by atoms with Gasteiger partial charge in [0.15, 0.2) is 0 Å². The van der Waals surface area contributed by atoms with Crippen LogP contribution in [0.2, 0.25) is 5.04 Å². The molecule has 0 aliphatic carbocycles. The Bertz CT molecular complexity index is 2090. The van der Waals surface area contributed by atoms with Crippen LogP contribution in [0, 0.1) is 17.5 Å². The van der Waals surface area contributed by atoms with E-state index in [0.29, 0.717) is 22.2 Å². The van der Waals surface area contributed by atoms with Crippen molar-refractivity contribution in [3.8, 4) is 0 Å². The summed E-state index contributed by atoms with van der Waals surface area (Å²) in [6.45, 7) is 6.19. The van der Waals surface area contributed by atoms with E-state index in [4.69, 9.17) is 9.53 Å². The predicted molar refractivity (Wildman–Crippen MR) is 202 cm³/mol. The average Bonchev–Trinajstić information content (AvgIpc) is 3.44. The molecule has 0 spiro atoms. The van der Waals surface area contributed by atoms with Crippen molar-refractivity contribution in [2.24, 2.45) is 0 Å². The van der Waals surface area contributed by atoms with Gasteiger partial charge in [-0.3, -0.25) is 4.90 Å². The molecule has 284 valence electrons. The zero-order chi connectivity index (χ0) is 38.6. The Labute approximate surface area is 311 Å². The third kappa shape index (κ3) is 6.88. The van der Waals surface area contributed by atoms with Crippen molar-refractivity contribution < 1.29 is 36.3 Å². The largest absolute Gasteiger partial charge is 0.465 e. The molecule has 7 rings (SSSR count). The van der Waals surface area contributed by atoms with Crippen LogP contribution in [0.5, 0.6) is 0 Å². The van der Waals surface area contributed by atoms with E-state index < -0.39 is 73.6 Å². The zero-order valence-corrected chi connectivity index (χ0v) is 31.5. The SMILES string of the molecule is CC1Cc2c([nH]c3ccc(F)cc23)C(c2c(F)cc(NC3CN(C(=O)O)C3)cc2F)N1CC(F)(F)CO[Si](c1ccccc1)(c1ccccc1)C(C)(C)C. The highest BCUT2D eigenvalue weighted by molar-refractivity contribution is 6.99. The number of anilines is 1. The van der Waals surface area contributed by atoms with Crippen molar-refractivity contribution in [2.45, 2.75) is 63.2 Å². The van der Waals surface area contributed by atoms with Crippen LogP contribution in [0.25, 0.3) is 10.9 Å². The van der Waals surface area contributed by atoms with E-state index >= 15 is 17.6 Å². The lowest BCUT2D eigenvalue weighted by molar-refractivity contribution is -0.0825. The summed E-state index contributed by atoms with van der Waals surface area (Å²) < 4.78 is 87.3. The Kier molecular flexibility index (Phi) is 9.86. The van der Waals surface area contributed by atoms with Crippen LogP contribution >= 0.6 is 0 Å². The van der Waals surface area contributed by atoms with Crippen molar-refractivity contribution >= 4 is 41.4 Å². The number of hydrogen-bond donors (Lipinski definition) is 3. The van der Waals surface area contributed by atoms with E-state index in [2.05, 4.69) is 10.3 Å². The monoisotopic (exact) mass is 762 g/mol. The molecule has 0 radical (unpaired) electrons. The van der Waals surface area contributed by atoms with Crippen LogP contribution in [0.1, 0.15) is 50.6 Å². The topological polar surface area (TPSA) is 80.8 Å². The van der Waals surface area contributed by atoms with E-state index in [1.807, 2.05) is 81.4 Å². The number of carbonyl (C=O) groups is 1. The molecule has 4 aromatic carbocycles. The lowest BCUT2D eigenvalue weighted by atomic mass is 9.87. The van der Waals surface area contributed by atoms with Crippen LogP contribution in [0.4, 0.5) is 32.4 Å². The van der Waals surface area contributed by atoms with Crippen LogP contribution in [-0.4, -0.2) is 78.5 Å². The fraction of sp³-hybridized carbons (Fsp3) is 0.341. The van der Waals surface area contributed by atoms with Gasteiger partial charge in [-0.15, -0.1) is 0 Å². The molecular formula is C41H43F5N4O3Si. The maximum absolute atomic E-state index is 16.7. The molecule has 5 aromatic rings. The Hall–Kier alpha value is -4.72. The molecule has 1 amide bonds. The number of benzene rings is 4. The molecule has 1 aromatic heterocycles. The summed E-state index contributed by atoms with van der Waals surface area (Å²) in [6.07, 6.45) is -0.860. The number of fused-ring (bicyclic) bond motifs is 3. The van der Waals surface area contributed by atoms with E-state index in [9.17, 15) is 9.18 Å². The van der Waals surface area contributed by atoms with E-state index in [1.54, 1.807) is 6.92 Å². The fourth-order valence-electron chi connectivity index (χ4n) is 8.26. The van der Waals surface area contributed by atoms with Gasteiger partial charge in [0.25, 0.3) is 14.2 Å². The van der Waals surface area contributed by atoms with E-state index in [1.165, 1.54) is 23.1 Å². The molecule has 2 aliphatic heterocycles. The van der Waals surface area contributed by atoms with Gasteiger partial charge in [0, 0.05) is 47.0 Å². The van der Waals surface area contributed by atoms with Crippen LogP contribution in [0.3, 0.4) is 0 Å². The minimum absolute atomic E-state index is 0.0992. The number of alkyl halides is 2. The molecule has 0 bridgehead atoms. The normalized spacial score (nSPS) is 18.4. The Morgan fingerprint density at radius 1 is 0.926 bits per heavy atom. The smallest absolute Gasteiger partial charge is 0.407 e. The third-order valence-corrected chi connectivity index (χ3v) is 15.8. The first-order valence-electron chi connectivity index (χ1n) is 18.0. The van der Waals surface area contributed by atoms with Gasteiger partial charge >= 0.3 is 6.09 Å². The van der Waals surface area contributed by atoms with Crippen molar-refractivity contribution in [3.63, 3.8) is 0 Å². The number of rotatable bonds is 10. The first kappa shape index (κ1) is 37.6. The second-order valence-electron chi connectivity index (χ2n) is 15.5. The van der Waals surface area contributed by atoms with Gasteiger partial charge in [0.1, 0.15) is 17.5 Å². The van der Waals surface area contributed by atoms with Crippen LogP contribution in [0.15, 0.2) is 91.0 Å². The summed E-state index contributed by atoms with van der Waals surface area (Å²) in [6, 6.07) is 22.9. The van der Waals surface area contributed by atoms with Crippen LogP contribution in [-0.2, 0) is 10.8 Å². The summed E-state index contributed by atoms with van der Waals surface area (Å²) in [5.74, 6) is -5.89. The first-order valence-corrected chi connectivity index (χ1v) is 19.9. The second-order valence-corrected chi connectivity index (χ2v) is 19.8. The Morgan fingerprint density at radius 2 is 1.52 bits per heavy atom. The predicted octanol–water partition coefficient (Wildman–Crippen LogP) is 7.91. The number of carboxylic acid groups (broad SMARTS) is 1. The minimum atomic E-state index is -3.48. The molecule has 2 aliphatic rings. The summed E-state index contributed by atoms with van der Waals surface area (Å²) >= 11 is 0. The number of aromatic amines is 1. The maximum atomic E-state index is 16.7. The lowest BCUT2D eigenvalue weighted by Crippen LogP contribution is -2.67. The minimum Gasteiger partial charge on any atom is -0.465 e. The number of halogens is 5. The number of nitrogens with one attached hydrogen (secondary N) is 2. The number of nitrogens with zero attached hydrogens (tertiary/aromatic N) is 2. The molecule has 3 heterocycles. The van der Waals surface area contributed by atoms with Crippen molar-refractivity contribution in [1.29, 1.82) is 0 Å². The molecule has 7 nitrogen and oxygen atoms in total. The summed E-state index contributed by atoms with van der Waals surface area (Å²) in [7, 11) is -3.36. The van der Waals surface area contributed by atoms with Gasteiger partial charge in [0.05, 0.1) is 25.2 Å². The van der Waals surface area contributed by atoms with E-state index in [-0.39, 0.29) is 31.2 Å². The van der Waals surface area contributed by atoms with Crippen molar-refractivity contribution in [1.82, 2.24) is 14.8 Å². The zero-order valence-electron chi connectivity index (χ0n) is 30.5. The van der Waals surface area contributed by atoms with Crippen molar-refractivity contribution in [3.05, 3.63) is 125 Å². The average molecular weight is 763 g/mol. The quantitative estimate of drug-likeness (QED) is 0.0997. The van der Waals surface area contributed by atoms with Gasteiger partial charge in [-0.1, -0.05) is 81.4 Å². The molecule has 1 saturated heterocycles. The number of aromatic nitrogens is 1. The maximum Gasteiger partial charge on any atom is 0.407 e. The molecule has 2 atom stereocenters. The third-order valence-electron chi connectivity index (χ3n) is 10.8. The number of likely N-dealkylation sites (tertiary alicyclic amines) is 1. The van der Waals surface area contributed by atoms with E-state index in [0.717, 1.165) is 27.4 Å². The Morgan fingerprint density at radius 3 is 2.07 bits per heavy atom. The number of amides is 1. The first-order chi connectivity index (χ1) is 25.6. The summed E-state index contributed by atoms with van der Waals surface area (Å²) in [5, 5.41) is 13.8. The number of H-pyrrole nitrogens is 1. The van der Waals surface area contributed by atoms with Gasteiger partial charge in [-0.2, -0.15) is 0 Å². The highest BCUT2D eigenvalue weighted by Crippen LogP contribution is 2.45. The highest BCUT2D eigenvalue weighted by atomic mass is 28.4. The second kappa shape index (κ2) is 14.2. The van der Waals surface area contributed by atoms with Crippen molar-refractivity contribution in [2.75, 3.05) is 31.6 Å². The fourth-order valence-corrected chi connectivity index (χ4v) is 12.8. The molecular weight excluding hydrogens is 720 g/mol. The van der Waals surface area contributed by atoms with Gasteiger partial charge in [0.2, 0.25) is 0 Å². The van der Waals surface area contributed by atoms with Gasteiger partial charge in [-0.05, 0) is 64.7 Å². The molecule has 3 N–H and O–H groups in total. The standard InChI is InChI=1S/C41H43F5N4O3Si/c1-25-17-32-31-18-26(42)15-16-35(31)48-37(32)38(36-33(43)19-27(20-34(36)44)47-28-21-49(22-28)39(51)52)50(25)23-41(45,46)24-53-54(40(2,3)4,29-11-7-5-8-12-29)30-13-9-6-10-14-30/h5-16,18-20,25,28,38,47-48H,17,21-24H2,1-4H3,(H,51,52). The summed E-state index contributed by atoms with van der Waals surface area (Å²) in [5.41, 5.74) is 1.11. The van der Waals surface area contributed by atoms with Crippen LogP contribution < -0.4 is 15.7 Å². The lowest BCUT2D eigenvalue weighted by Gasteiger charge is -2.45. The molecule has 54 heavy (non-hydrogen) atoms. The number of hydrogen-bond acceptors (Lipinski definition) is 4. The van der Waals surface area contributed by atoms with Gasteiger partial charge in [-0.25, -0.2) is 26.7 Å². The molecule has 0 saturated carbocycles. The highest BCUT2D eigenvalue weighted by Gasteiger charge is 2.53. The summed E-state index contributed by atoms with van der Waals surface area (Å²) in [4.78, 5) is 17.0. The molecule has 2 unspecified atom stereocenters. The molecule has 13 heteroatoms. The van der Waals surface area contributed by atoms with Gasteiger partial charge < -0.3 is 24.7 Å².